The van der Waals surface area contributed by atoms with Crippen molar-refractivity contribution < 1.29 is 8.42 Å². The number of H-pyrrole nitrogens is 1. The third-order valence-electron chi connectivity index (χ3n) is 4.72. The molecule has 27 heavy (non-hydrogen) atoms. The number of piperidine rings is 1. The zero-order valence-corrected chi connectivity index (χ0v) is 16.2. The highest BCUT2D eigenvalue weighted by atomic mass is 35.5. The lowest BCUT2D eigenvalue weighted by molar-refractivity contribution is 0.196. The van der Waals surface area contributed by atoms with Crippen LogP contribution in [0.25, 0.3) is 16.9 Å². The lowest BCUT2D eigenvalue weighted by atomic mass is 9.94. The van der Waals surface area contributed by atoms with Gasteiger partial charge in [0.15, 0.2) is 16.4 Å². The summed E-state index contributed by atoms with van der Waals surface area (Å²) < 4.78 is 23.4. The van der Waals surface area contributed by atoms with Gasteiger partial charge >= 0.3 is 0 Å². The number of hydrogen-bond donors (Lipinski definition) is 3. The van der Waals surface area contributed by atoms with E-state index in [1.165, 1.54) is 4.52 Å². The Balaban J connectivity index is 1.52. The van der Waals surface area contributed by atoms with Gasteiger partial charge in [0.25, 0.3) is 0 Å². The van der Waals surface area contributed by atoms with E-state index < -0.39 is 10.7 Å². The molecule has 0 spiro atoms. The smallest absolute Gasteiger partial charge is 0.243 e. The largest absolute Gasteiger partial charge is 0.350 e. The van der Waals surface area contributed by atoms with E-state index in [4.69, 9.17) is 11.6 Å². The number of thiol groups is 1. The number of anilines is 1. The standard InChI is InChI=1S/C15H19ClN8O2S/c1-9-6-23(8-27(25)26)3-2-11(9)20-15-21-14-12(16)13(10-4-18-19-5-10)17-7-24(14)22-15/h4-5,7,9,11,27H,2-3,6,8H2,1H3,(H,18,19)(H,20,22). The molecule has 3 aromatic rings. The summed E-state index contributed by atoms with van der Waals surface area (Å²) in [5.41, 5.74) is 1.88. The van der Waals surface area contributed by atoms with E-state index in [9.17, 15) is 8.42 Å². The Morgan fingerprint density at radius 2 is 2.30 bits per heavy atom. The fourth-order valence-electron chi connectivity index (χ4n) is 3.38. The summed E-state index contributed by atoms with van der Waals surface area (Å²) in [6.07, 6.45) is 5.74. The molecule has 2 unspecified atom stereocenters. The highest BCUT2D eigenvalue weighted by Crippen LogP contribution is 2.28. The van der Waals surface area contributed by atoms with Crippen molar-refractivity contribution in [2.75, 3.05) is 24.3 Å². The van der Waals surface area contributed by atoms with Gasteiger partial charge in [-0.05, 0) is 12.3 Å². The molecule has 2 N–H and O–H groups in total. The van der Waals surface area contributed by atoms with Crippen molar-refractivity contribution in [1.29, 1.82) is 0 Å². The summed E-state index contributed by atoms with van der Waals surface area (Å²) in [6, 6.07) is 0.156. The summed E-state index contributed by atoms with van der Waals surface area (Å²) in [5.74, 6) is 0.843. The van der Waals surface area contributed by atoms with Gasteiger partial charge in [-0.3, -0.25) is 10.00 Å². The Morgan fingerprint density at radius 3 is 3.00 bits per heavy atom. The normalized spacial score (nSPS) is 21.1. The van der Waals surface area contributed by atoms with Crippen LogP contribution in [0.3, 0.4) is 0 Å². The van der Waals surface area contributed by atoms with Crippen LogP contribution in [0.1, 0.15) is 13.3 Å². The van der Waals surface area contributed by atoms with Gasteiger partial charge in [-0.1, -0.05) is 18.5 Å². The molecule has 0 aromatic carbocycles. The fraction of sp³-hybridized carbons (Fsp3) is 0.467. The first kappa shape index (κ1) is 18.1. The van der Waals surface area contributed by atoms with Crippen molar-refractivity contribution in [2.45, 2.75) is 19.4 Å². The third-order valence-corrected chi connectivity index (χ3v) is 5.70. The molecule has 0 aliphatic carbocycles. The molecule has 1 aliphatic rings. The van der Waals surface area contributed by atoms with Gasteiger partial charge < -0.3 is 5.32 Å². The van der Waals surface area contributed by atoms with E-state index in [1.54, 1.807) is 18.7 Å². The number of aromatic nitrogens is 6. The van der Waals surface area contributed by atoms with Crippen molar-refractivity contribution in [1.82, 2.24) is 34.7 Å². The Labute approximate surface area is 161 Å². The van der Waals surface area contributed by atoms with E-state index in [0.29, 0.717) is 35.4 Å². The minimum absolute atomic E-state index is 0.108. The van der Waals surface area contributed by atoms with Gasteiger partial charge in [-0.25, -0.2) is 13.4 Å². The Morgan fingerprint density at radius 1 is 1.44 bits per heavy atom. The second-order valence-corrected chi connectivity index (χ2v) is 7.99. The van der Waals surface area contributed by atoms with Crippen molar-refractivity contribution in [3.8, 4) is 11.3 Å². The number of likely N-dealkylation sites (tertiary alicyclic amines) is 1. The maximum absolute atomic E-state index is 10.9. The first-order chi connectivity index (χ1) is 13.0. The van der Waals surface area contributed by atoms with Gasteiger partial charge in [0.1, 0.15) is 11.3 Å². The number of rotatable bonds is 5. The van der Waals surface area contributed by atoms with Crippen LogP contribution in [0.15, 0.2) is 18.7 Å². The lowest BCUT2D eigenvalue weighted by Crippen LogP contribution is -2.45. The zero-order valence-electron chi connectivity index (χ0n) is 14.5. The molecule has 10 nitrogen and oxygen atoms in total. The molecule has 0 saturated carbocycles. The molecule has 3 aromatic heterocycles. The molecule has 12 heteroatoms. The zero-order chi connectivity index (χ0) is 19.0. The van der Waals surface area contributed by atoms with E-state index in [0.717, 1.165) is 12.0 Å². The average Bonchev–Trinajstić information content (AvgIpc) is 3.27. The van der Waals surface area contributed by atoms with Crippen molar-refractivity contribution in [3.05, 3.63) is 23.7 Å². The fourth-order valence-corrected chi connectivity index (χ4v) is 4.25. The van der Waals surface area contributed by atoms with Crippen molar-refractivity contribution in [3.63, 3.8) is 0 Å². The van der Waals surface area contributed by atoms with Crippen molar-refractivity contribution >= 4 is 33.9 Å². The first-order valence-corrected chi connectivity index (χ1v) is 10.3. The van der Waals surface area contributed by atoms with Crippen LogP contribution in [-0.4, -0.2) is 68.1 Å². The maximum atomic E-state index is 10.9. The van der Waals surface area contributed by atoms with Gasteiger partial charge in [0.05, 0.1) is 17.8 Å². The molecular formula is C15H19ClN8O2S. The SMILES string of the molecule is CC1CN(C[SH](=O)=O)CCC1Nc1nc2c(Cl)c(-c3cn[nH]c3)ncn2n1. The third kappa shape index (κ3) is 3.75. The molecule has 0 radical (unpaired) electrons. The molecule has 4 heterocycles. The molecule has 144 valence electrons. The molecule has 1 fully saturated rings. The number of fused-ring (bicyclic) bond motifs is 1. The van der Waals surface area contributed by atoms with Crippen LogP contribution < -0.4 is 5.32 Å². The Kier molecular flexibility index (Phi) is 4.98. The number of hydrogen-bond acceptors (Lipinski definition) is 8. The lowest BCUT2D eigenvalue weighted by Gasteiger charge is -2.35. The monoisotopic (exact) mass is 410 g/mol. The van der Waals surface area contributed by atoms with E-state index in [1.807, 2.05) is 4.90 Å². The molecule has 4 rings (SSSR count). The predicted molar refractivity (Wildman–Crippen MR) is 101 cm³/mol. The Bertz CT molecular complexity index is 1010. The van der Waals surface area contributed by atoms with Gasteiger partial charge in [0.2, 0.25) is 5.95 Å². The molecule has 1 saturated heterocycles. The summed E-state index contributed by atoms with van der Waals surface area (Å²) in [6.45, 7) is 3.51. The van der Waals surface area contributed by atoms with Gasteiger partial charge in [-0.2, -0.15) is 14.6 Å². The molecule has 2 atom stereocenters. The highest BCUT2D eigenvalue weighted by molar-refractivity contribution is 7.72. The minimum Gasteiger partial charge on any atom is -0.350 e. The maximum Gasteiger partial charge on any atom is 0.243 e. The molecule has 0 amide bonds. The second kappa shape index (κ2) is 7.41. The van der Waals surface area contributed by atoms with E-state index in [2.05, 4.69) is 37.5 Å². The summed E-state index contributed by atoms with van der Waals surface area (Å²) >= 11 is 6.47. The van der Waals surface area contributed by atoms with Crippen LogP contribution in [0.2, 0.25) is 5.02 Å². The molecular weight excluding hydrogens is 392 g/mol. The quantitative estimate of drug-likeness (QED) is 0.529. The van der Waals surface area contributed by atoms with E-state index in [-0.39, 0.29) is 17.8 Å². The second-order valence-electron chi connectivity index (χ2n) is 6.67. The number of nitrogens with zero attached hydrogens (tertiary/aromatic N) is 6. The van der Waals surface area contributed by atoms with Gasteiger partial charge in [-0.15, -0.1) is 5.10 Å². The van der Waals surface area contributed by atoms with Crippen LogP contribution >= 0.6 is 11.6 Å². The average molecular weight is 411 g/mol. The highest BCUT2D eigenvalue weighted by Gasteiger charge is 2.27. The Hall–Kier alpha value is -2.24. The van der Waals surface area contributed by atoms with Crippen LogP contribution in [-0.2, 0) is 10.7 Å². The number of nitrogens with one attached hydrogen (secondary N) is 2. The summed E-state index contributed by atoms with van der Waals surface area (Å²) in [7, 11) is -2.39. The molecule has 1 aliphatic heterocycles. The number of halogens is 1. The van der Waals surface area contributed by atoms with E-state index >= 15 is 0 Å². The van der Waals surface area contributed by atoms with Gasteiger partial charge in [0, 0.05) is 30.9 Å². The molecule has 0 bridgehead atoms. The summed E-state index contributed by atoms with van der Waals surface area (Å²) in [5, 5.41) is 14.8. The topological polar surface area (TPSA) is 121 Å². The van der Waals surface area contributed by atoms with Crippen LogP contribution in [0.4, 0.5) is 5.95 Å². The van der Waals surface area contributed by atoms with Crippen LogP contribution in [0.5, 0.6) is 0 Å². The first-order valence-electron chi connectivity index (χ1n) is 8.52. The van der Waals surface area contributed by atoms with Crippen LogP contribution in [0, 0.1) is 5.92 Å². The predicted octanol–water partition coefficient (Wildman–Crippen LogP) is 0.859. The minimum atomic E-state index is -2.39. The van der Waals surface area contributed by atoms with Crippen molar-refractivity contribution in [2.24, 2.45) is 5.92 Å². The number of aromatic amines is 1. The summed E-state index contributed by atoms with van der Waals surface area (Å²) in [4.78, 5) is 10.8.